The molecular formula is C14H16BrN3OS. The molecule has 1 aromatic carbocycles. The molecule has 0 fully saturated rings. The summed E-state index contributed by atoms with van der Waals surface area (Å²) in [6, 6.07) is 7.96. The van der Waals surface area contributed by atoms with E-state index in [1.807, 2.05) is 20.0 Å². The molecule has 0 radical (unpaired) electrons. The Labute approximate surface area is 130 Å². The maximum absolute atomic E-state index is 11.4. The van der Waals surface area contributed by atoms with Crippen molar-refractivity contribution in [3.8, 4) is 0 Å². The van der Waals surface area contributed by atoms with Crippen LogP contribution in [0, 0.1) is 6.92 Å². The summed E-state index contributed by atoms with van der Waals surface area (Å²) in [4.78, 5) is 19.5. The number of aromatic nitrogens is 2. The zero-order chi connectivity index (χ0) is 14.7. The van der Waals surface area contributed by atoms with Crippen LogP contribution in [-0.4, -0.2) is 17.0 Å². The summed E-state index contributed by atoms with van der Waals surface area (Å²) in [7, 11) is 1.93. The van der Waals surface area contributed by atoms with E-state index in [9.17, 15) is 4.79 Å². The van der Waals surface area contributed by atoms with Crippen LogP contribution in [-0.2, 0) is 0 Å². The van der Waals surface area contributed by atoms with E-state index in [-0.39, 0.29) is 5.56 Å². The predicted molar refractivity (Wildman–Crippen MR) is 85.3 cm³/mol. The number of aryl methyl sites for hydroxylation is 1. The maximum atomic E-state index is 11.4. The minimum Gasteiger partial charge on any atom is -0.313 e. The van der Waals surface area contributed by atoms with Crippen LogP contribution in [0.3, 0.4) is 0 Å². The number of H-pyrrole nitrogens is 1. The lowest BCUT2D eigenvalue weighted by Crippen LogP contribution is -2.12. The van der Waals surface area contributed by atoms with Gasteiger partial charge in [-0.15, -0.1) is 0 Å². The smallest absolute Gasteiger partial charge is 0.251 e. The van der Waals surface area contributed by atoms with E-state index in [1.54, 1.807) is 0 Å². The normalized spacial score (nSPS) is 12.4. The molecule has 106 valence electrons. The van der Waals surface area contributed by atoms with Crippen LogP contribution >= 0.6 is 27.7 Å². The average molecular weight is 354 g/mol. The highest BCUT2D eigenvalue weighted by atomic mass is 79.9. The van der Waals surface area contributed by atoms with Crippen molar-refractivity contribution in [2.45, 2.75) is 29.9 Å². The van der Waals surface area contributed by atoms with Crippen molar-refractivity contribution in [1.29, 1.82) is 0 Å². The molecule has 4 nitrogen and oxygen atoms in total. The monoisotopic (exact) mass is 353 g/mol. The first-order chi connectivity index (χ1) is 9.49. The first-order valence-electron chi connectivity index (χ1n) is 6.22. The Morgan fingerprint density at radius 3 is 2.75 bits per heavy atom. The van der Waals surface area contributed by atoms with Crippen molar-refractivity contribution in [3.05, 3.63) is 50.3 Å². The van der Waals surface area contributed by atoms with E-state index in [0.717, 1.165) is 9.37 Å². The molecule has 1 aromatic heterocycles. The third-order valence-corrected chi connectivity index (χ3v) is 4.82. The molecule has 2 N–H and O–H groups in total. The summed E-state index contributed by atoms with van der Waals surface area (Å²) in [6.45, 7) is 3.92. The Balaban J connectivity index is 2.28. The molecule has 20 heavy (non-hydrogen) atoms. The highest BCUT2D eigenvalue weighted by Gasteiger charge is 2.09. The zero-order valence-electron chi connectivity index (χ0n) is 11.5. The number of halogens is 1. The van der Waals surface area contributed by atoms with Crippen LogP contribution < -0.4 is 10.9 Å². The molecular weight excluding hydrogens is 338 g/mol. The number of rotatable bonds is 4. The highest BCUT2D eigenvalue weighted by Crippen LogP contribution is 2.33. The van der Waals surface area contributed by atoms with Gasteiger partial charge in [-0.1, -0.05) is 17.8 Å². The van der Waals surface area contributed by atoms with E-state index in [1.165, 1.54) is 23.4 Å². The predicted octanol–water partition coefficient (Wildman–Crippen LogP) is 3.27. The van der Waals surface area contributed by atoms with E-state index in [2.05, 4.69) is 50.3 Å². The summed E-state index contributed by atoms with van der Waals surface area (Å²) >= 11 is 5.01. The van der Waals surface area contributed by atoms with Crippen LogP contribution in [0.4, 0.5) is 0 Å². The molecule has 0 aliphatic carbocycles. The molecule has 0 spiro atoms. The third-order valence-electron chi connectivity index (χ3n) is 2.94. The molecule has 1 heterocycles. The highest BCUT2D eigenvalue weighted by molar-refractivity contribution is 9.10. The van der Waals surface area contributed by atoms with Gasteiger partial charge in [0.25, 0.3) is 5.56 Å². The van der Waals surface area contributed by atoms with Crippen LogP contribution in [0.5, 0.6) is 0 Å². The lowest BCUT2D eigenvalue weighted by molar-refractivity contribution is 0.651. The zero-order valence-corrected chi connectivity index (χ0v) is 13.9. The Kier molecular flexibility index (Phi) is 5.01. The summed E-state index contributed by atoms with van der Waals surface area (Å²) in [5.74, 6) is 0. The molecule has 0 amide bonds. The first kappa shape index (κ1) is 15.3. The number of hydrogen-bond acceptors (Lipinski definition) is 4. The number of benzene rings is 1. The molecule has 0 aliphatic rings. The number of nitrogens with zero attached hydrogens (tertiary/aromatic N) is 1. The molecule has 0 aliphatic heterocycles. The van der Waals surface area contributed by atoms with Gasteiger partial charge in [0.05, 0.1) is 0 Å². The second-order valence-corrected chi connectivity index (χ2v) is 6.38. The quantitative estimate of drug-likeness (QED) is 0.828. The van der Waals surface area contributed by atoms with E-state index in [4.69, 9.17) is 0 Å². The van der Waals surface area contributed by atoms with Gasteiger partial charge in [-0.25, -0.2) is 4.98 Å². The van der Waals surface area contributed by atoms with E-state index >= 15 is 0 Å². The summed E-state index contributed by atoms with van der Waals surface area (Å²) in [5.41, 5.74) is 1.79. The Morgan fingerprint density at radius 1 is 1.40 bits per heavy atom. The fourth-order valence-corrected chi connectivity index (χ4v) is 3.22. The average Bonchev–Trinajstić information content (AvgIpc) is 2.39. The van der Waals surface area contributed by atoms with Crippen LogP contribution in [0.1, 0.15) is 24.2 Å². The Morgan fingerprint density at radius 2 is 2.15 bits per heavy atom. The van der Waals surface area contributed by atoms with Gasteiger partial charge in [0, 0.05) is 27.2 Å². The molecule has 2 rings (SSSR count). The Hall–Kier alpha value is -1.11. The van der Waals surface area contributed by atoms with Gasteiger partial charge in [-0.2, -0.15) is 0 Å². The van der Waals surface area contributed by atoms with E-state index < -0.39 is 0 Å². The summed E-state index contributed by atoms with van der Waals surface area (Å²) in [5, 5.41) is 3.81. The van der Waals surface area contributed by atoms with Gasteiger partial charge >= 0.3 is 0 Å². The van der Waals surface area contributed by atoms with Crippen molar-refractivity contribution < 1.29 is 0 Å². The fraction of sp³-hybridized carbons (Fsp3) is 0.286. The van der Waals surface area contributed by atoms with Crippen LogP contribution in [0.2, 0.25) is 0 Å². The second kappa shape index (κ2) is 6.56. The molecule has 0 saturated heterocycles. The summed E-state index contributed by atoms with van der Waals surface area (Å²) < 4.78 is 0.992. The van der Waals surface area contributed by atoms with Crippen LogP contribution in [0.25, 0.3) is 0 Å². The topological polar surface area (TPSA) is 57.8 Å². The molecule has 0 bridgehead atoms. The lowest BCUT2D eigenvalue weighted by Gasteiger charge is -2.12. The molecule has 1 unspecified atom stereocenters. The van der Waals surface area contributed by atoms with E-state index in [0.29, 0.717) is 16.9 Å². The molecule has 1 atom stereocenters. The number of hydrogen-bond donors (Lipinski definition) is 2. The molecule has 2 aromatic rings. The molecule has 6 heteroatoms. The standard InChI is InChI=1S/C14H16BrN3OS/c1-8-6-13(19)18-14(17-8)20-12-5-4-10(7-11(12)15)9(2)16-3/h4-7,9,16H,1-3H3,(H,17,18,19). The van der Waals surface area contributed by atoms with Gasteiger partial charge < -0.3 is 10.3 Å². The Bertz CT molecular complexity index is 672. The number of nitrogens with one attached hydrogen (secondary N) is 2. The molecule has 0 saturated carbocycles. The SMILES string of the molecule is CNC(C)c1ccc(Sc2nc(C)cc(=O)[nH]2)c(Br)c1. The third kappa shape index (κ3) is 3.71. The van der Waals surface area contributed by atoms with Gasteiger partial charge in [0.1, 0.15) is 0 Å². The lowest BCUT2D eigenvalue weighted by atomic mass is 10.1. The van der Waals surface area contributed by atoms with Crippen molar-refractivity contribution in [3.63, 3.8) is 0 Å². The fourth-order valence-electron chi connectivity index (χ4n) is 1.74. The van der Waals surface area contributed by atoms with Crippen molar-refractivity contribution in [2.75, 3.05) is 7.05 Å². The summed E-state index contributed by atoms with van der Waals surface area (Å²) in [6.07, 6.45) is 0. The van der Waals surface area contributed by atoms with Crippen molar-refractivity contribution in [1.82, 2.24) is 15.3 Å². The van der Waals surface area contributed by atoms with Gasteiger partial charge in [-0.3, -0.25) is 4.79 Å². The van der Waals surface area contributed by atoms with Gasteiger partial charge in [-0.05, 0) is 54.5 Å². The minimum absolute atomic E-state index is 0.128. The second-order valence-electron chi connectivity index (χ2n) is 4.49. The van der Waals surface area contributed by atoms with Crippen LogP contribution in [0.15, 0.2) is 43.6 Å². The minimum atomic E-state index is -0.128. The largest absolute Gasteiger partial charge is 0.313 e. The van der Waals surface area contributed by atoms with Crippen molar-refractivity contribution >= 4 is 27.7 Å². The van der Waals surface area contributed by atoms with Gasteiger partial charge in [0.2, 0.25) is 0 Å². The van der Waals surface area contributed by atoms with Crippen molar-refractivity contribution in [2.24, 2.45) is 0 Å². The maximum Gasteiger partial charge on any atom is 0.251 e. The number of aromatic amines is 1. The first-order valence-corrected chi connectivity index (χ1v) is 7.83. The van der Waals surface area contributed by atoms with Gasteiger partial charge in [0.15, 0.2) is 5.16 Å².